The number of benzene rings is 1. The van der Waals surface area contributed by atoms with E-state index < -0.39 is 0 Å². The highest BCUT2D eigenvalue weighted by atomic mass is 16.4. The van der Waals surface area contributed by atoms with Gasteiger partial charge in [0.15, 0.2) is 0 Å². The van der Waals surface area contributed by atoms with Crippen LogP contribution in [0, 0.1) is 6.92 Å². The summed E-state index contributed by atoms with van der Waals surface area (Å²) in [5, 5.41) is 9.13. The van der Waals surface area contributed by atoms with Crippen molar-refractivity contribution in [2.24, 2.45) is 0 Å². The number of likely N-dealkylation sites (tertiary alicyclic amines) is 1. The zero-order valence-corrected chi connectivity index (χ0v) is 13.2. The SMILES string of the molecule is Cc1cccc2[nH]c([C@H]3CCCN3Cc3ccc(CO)o3)nc12. The normalized spacial score (nSPS) is 19.0. The maximum atomic E-state index is 9.13. The summed E-state index contributed by atoms with van der Waals surface area (Å²) in [5.74, 6) is 2.56. The molecule has 0 spiro atoms. The van der Waals surface area contributed by atoms with E-state index in [-0.39, 0.29) is 6.61 Å². The second-order valence-corrected chi connectivity index (χ2v) is 6.25. The summed E-state index contributed by atoms with van der Waals surface area (Å²) in [5.41, 5.74) is 3.37. The molecule has 0 saturated carbocycles. The molecule has 3 heterocycles. The van der Waals surface area contributed by atoms with Gasteiger partial charge in [0.1, 0.15) is 24.0 Å². The fraction of sp³-hybridized carbons (Fsp3) is 0.389. The van der Waals surface area contributed by atoms with E-state index in [0.29, 0.717) is 11.8 Å². The summed E-state index contributed by atoms with van der Waals surface area (Å²) in [4.78, 5) is 10.7. The molecule has 4 rings (SSSR count). The van der Waals surface area contributed by atoms with Gasteiger partial charge in [-0.05, 0) is 50.1 Å². The number of aryl methyl sites for hydroxylation is 1. The number of aliphatic hydroxyl groups excluding tert-OH is 1. The molecule has 1 fully saturated rings. The Morgan fingerprint density at radius 3 is 2.96 bits per heavy atom. The number of fused-ring (bicyclic) bond motifs is 1. The number of hydrogen-bond acceptors (Lipinski definition) is 4. The molecule has 1 saturated heterocycles. The van der Waals surface area contributed by atoms with E-state index in [9.17, 15) is 0 Å². The minimum atomic E-state index is -0.0493. The molecule has 1 aromatic carbocycles. The van der Waals surface area contributed by atoms with Crippen LogP contribution in [0.15, 0.2) is 34.7 Å². The van der Waals surface area contributed by atoms with Crippen LogP contribution in [0.2, 0.25) is 0 Å². The Kier molecular flexibility index (Phi) is 3.67. The summed E-state index contributed by atoms with van der Waals surface area (Å²) < 4.78 is 5.63. The zero-order chi connectivity index (χ0) is 15.8. The van der Waals surface area contributed by atoms with Crippen LogP contribution in [0.5, 0.6) is 0 Å². The van der Waals surface area contributed by atoms with Gasteiger partial charge in [0.25, 0.3) is 0 Å². The molecule has 0 bridgehead atoms. The third-order valence-corrected chi connectivity index (χ3v) is 4.64. The molecular weight excluding hydrogens is 290 g/mol. The van der Waals surface area contributed by atoms with Gasteiger partial charge in [0.05, 0.1) is 23.6 Å². The Labute approximate surface area is 134 Å². The first-order chi connectivity index (χ1) is 11.2. The van der Waals surface area contributed by atoms with E-state index in [2.05, 4.69) is 35.0 Å². The first kappa shape index (κ1) is 14.5. The van der Waals surface area contributed by atoms with Crippen molar-refractivity contribution in [2.45, 2.75) is 39.0 Å². The predicted molar refractivity (Wildman–Crippen MR) is 87.8 cm³/mol. The minimum Gasteiger partial charge on any atom is -0.462 e. The number of imidazole rings is 1. The molecule has 0 radical (unpaired) electrons. The van der Waals surface area contributed by atoms with Gasteiger partial charge < -0.3 is 14.5 Å². The fourth-order valence-corrected chi connectivity index (χ4v) is 3.47. The van der Waals surface area contributed by atoms with E-state index in [0.717, 1.165) is 48.5 Å². The smallest absolute Gasteiger partial charge is 0.129 e. The lowest BCUT2D eigenvalue weighted by Crippen LogP contribution is -2.23. The molecule has 2 N–H and O–H groups in total. The molecule has 2 aromatic heterocycles. The number of para-hydroxylation sites is 1. The molecule has 3 aromatic rings. The number of nitrogens with one attached hydrogen (secondary N) is 1. The highest BCUT2D eigenvalue weighted by Crippen LogP contribution is 2.33. The van der Waals surface area contributed by atoms with Crippen molar-refractivity contribution in [1.82, 2.24) is 14.9 Å². The lowest BCUT2D eigenvalue weighted by Gasteiger charge is -2.21. The molecule has 5 heteroatoms. The highest BCUT2D eigenvalue weighted by Gasteiger charge is 2.29. The lowest BCUT2D eigenvalue weighted by molar-refractivity contribution is 0.206. The number of nitrogens with zero attached hydrogens (tertiary/aromatic N) is 2. The van der Waals surface area contributed by atoms with Gasteiger partial charge in [-0.15, -0.1) is 0 Å². The average Bonchev–Trinajstić information content (AvgIpc) is 3.26. The second kappa shape index (κ2) is 5.83. The molecule has 0 amide bonds. The van der Waals surface area contributed by atoms with Crippen LogP contribution in [0.25, 0.3) is 11.0 Å². The summed E-state index contributed by atoms with van der Waals surface area (Å²) in [6.45, 7) is 3.83. The minimum absolute atomic E-state index is 0.0493. The van der Waals surface area contributed by atoms with Gasteiger partial charge in [0, 0.05) is 0 Å². The van der Waals surface area contributed by atoms with Gasteiger partial charge >= 0.3 is 0 Å². The van der Waals surface area contributed by atoms with Crippen molar-refractivity contribution in [3.63, 3.8) is 0 Å². The fourth-order valence-electron chi connectivity index (χ4n) is 3.47. The van der Waals surface area contributed by atoms with Crippen LogP contribution in [0.3, 0.4) is 0 Å². The van der Waals surface area contributed by atoms with E-state index in [4.69, 9.17) is 14.5 Å². The number of rotatable bonds is 4. The van der Waals surface area contributed by atoms with Crippen LogP contribution in [-0.2, 0) is 13.2 Å². The Morgan fingerprint density at radius 1 is 1.30 bits per heavy atom. The van der Waals surface area contributed by atoms with Gasteiger partial charge in [-0.3, -0.25) is 4.90 Å². The van der Waals surface area contributed by atoms with Crippen molar-refractivity contribution in [3.05, 3.63) is 53.2 Å². The number of hydrogen-bond donors (Lipinski definition) is 2. The standard InChI is InChI=1S/C18H21N3O2/c1-12-4-2-5-15-17(12)20-18(19-15)16-6-3-9-21(16)10-13-7-8-14(11-22)23-13/h2,4-5,7-8,16,22H,3,6,9-11H2,1H3,(H,19,20)/t16-/m1/s1. The second-order valence-electron chi connectivity index (χ2n) is 6.25. The molecule has 1 aliphatic heterocycles. The summed E-state index contributed by atoms with van der Waals surface area (Å²) in [7, 11) is 0. The van der Waals surface area contributed by atoms with Crippen LogP contribution < -0.4 is 0 Å². The van der Waals surface area contributed by atoms with Gasteiger partial charge in [-0.1, -0.05) is 12.1 Å². The van der Waals surface area contributed by atoms with E-state index in [1.807, 2.05) is 12.1 Å². The van der Waals surface area contributed by atoms with Crippen molar-refractivity contribution < 1.29 is 9.52 Å². The monoisotopic (exact) mass is 311 g/mol. The van der Waals surface area contributed by atoms with Gasteiger partial charge in [0.2, 0.25) is 0 Å². The quantitative estimate of drug-likeness (QED) is 0.776. The van der Waals surface area contributed by atoms with Crippen molar-refractivity contribution >= 4 is 11.0 Å². The average molecular weight is 311 g/mol. The van der Waals surface area contributed by atoms with Gasteiger partial charge in [-0.2, -0.15) is 0 Å². The molecule has 0 aliphatic carbocycles. The van der Waals surface area contributed by atoms with Crippen molar-refractivity contribution in [3.8, 4) is 0 Å². The number of H-pyrrole nitrogens is 1. The third kappa shape index (κ3) is 2.66. The molecule has 0 unspecified atom stereocenters. The van der Waals surface area contributed by atoms with Crippen LogP contribution in [-0.4, -0.2) is 26.5 Å². The number of aromatic amines is 1. The summed E-state index contributed by atoms with van der Waals surface area (Å²) in [6, 6.07) is 10.3. The van der Waals surface area contributed by atoms with E-state index in [1.54, 1.807) is 0 Å². The van der Waals surface area contributed by atoms with Gasteiger partial charge in [-0.25, -0.2) is 4.98 Å². The molecule has 23 heavy (non-hydrogen) atoms. The van der Waals surface area contributed by atoms with E-state index in [1.165, 1.54) is 5.56 Å². The molecular formula is C18H21N3O2. The largest absolute Gasteiger partial charge is 0.462 e. The Morgan fingerprint density at radius 2 is 2.17 bits per heavy atom. The van der Waals surface area contributed by atoms with Crippen LogP contribution in [0.4, 0.5) is 0 Å². The number of aromatic nitrogens is 2. The molecule has 1 aliphatic rings. The Hall–Kier alpha value is -2.11. The molecule has 5 nitrogen and oxygen atoms in total. The van der Waals surface area contributed by atoms with Crippen LogP contribution in [0.1, 0.15) is 41.8 Å². The zero-order valence-electron chi connectivity index (χ0n) is 13.2. The number of aliphatic hydroxyl groups is 1. The highest BCUT2D eigenvalue weighted by molar-refractivity contribution is 5.78. The summed E-state index contributed by atoms with van der Waals surface area (Å²) >= 11 is 0. The number of furan rings is 1. The van der Waals surface area contributed by atoms with E-state index >= 15 is 0 Å². The molecule has 1 atom stereocenters. The first-order valence-electron chi connectivity index (χ1n) is 8.12. The molecule has 120 valence electrons. The Bertz CT molecular complexity index is 821. The predicted octanol–water partition coefficient (Wildman–Crippen LogP) is 3.29. The first-order valence-corrected chi connectivity index (χ1v) is 8.12. The third-order valence-electron chi connectivity index (χ3n) is 4.64. The van der Waals surface area contributed by atoms with Crippen molar-refractivity contribution in [1.29, 1.82) is 0 Å². The lowest BCUT2D eigenvalue weighted by atomic mass is 10.2. The van der Waals surface area contributed by atoms with Crippen LogP contribution >= 0.6 is 0 Å². The van der Waals surface area contributed by atoms with Crippen molar-refractivity contribution in [2.75, 3.05) is 6.54 Å². The maximum Gasteiger partial charge on any atom is 0.129 e. The Balaban J connectivity index is 1.59. The maximum absolute atomic E-state index is 9.13. The topological polar surface area (TPSA) is 65.3 Å². The summed E-state index contributed by atoms with van der Waals surface area (Å²) in [6.07, 6.45) is 2.26.